The van der Waals surface area contributed by atoms with Gasteiger partial charge in [0.15, 0.2) is 11.5 Å². The normalized spacial score (nSPS) is 9.95. The van der Waals surface area contributed by atoms with Crippen molar-refractivity contribution in [2.24, 2.45) is 0 Å². The van der Waals surface area contributed by atoms with Crippen molar-refractivity contribution in [2.45, 2.75) is 12.8 Å². The van der Waals surface area contributed by atoms with Gasteiger partial charge in [0.25, 0.3) is 0 Å². The molecule has 0 aliphatic heterocycles. The minimum atomic E-state index is -1.02. The van der Waals surface area contributed by atoms with Crippen LogP contribution < -0.4 is 9.47 Å². The first-order valence-electron chi connectivity index (χ1n) is 6.14. The van der Waals surface area contributed by atoms with Crippen LogP contribution in [0.15, 0.2) is 18.2 Å². The summed E-state index contributed by atoms with van der Waals surface area (Å²) in [5.41, 5.74) is 0.930. The van der Waals surface area contributed by atoms with Gasteiger partial charge in [0.05, 0.1) is 14.2 Å². The first-order valence-corrected chi connectivity index (χ1v) is 6.14. The predicted octanol–water partition coefficient (Wildman–Crippen LogP) is 1.18. The standard InChI is InChI=1S/C14H19NO5/c1-15(9-14(17)18)13(16)7-5-10-4-6-11(19-2)12(8-10)20-3/h4,6,8H,5,7,9H2,1-3H3,(H,17,18). The summed E-state index contributed by atoms with van der Waals surface area (Å²) in [6.45, 7) is -0.287. The zero-order valence-electron chi connectivity index (χ0n) is 11.9. The molecule has 6 nitrogen and oxygen atoms in total. The molecule has 0 aliphatic rings. The van der Waals surface area contributed by atoms with Gasteiger partial charge in [0, 0.05) is 13.5 Å². The number of hydrogen-bond acceptors (Lipinski definition) is 4. The number of carbonyl (C=O) groups is 2. The van der Waals surface area contributed by atoms with Crippen LogP contribution in [0, 0.1) is 0 Å². The monoisotopic (exact) mass is 281 g/mol. The highest BCUT2D eigenvalue weighted by Gasteiger charge is 2.12. The Labute approximate surface area is 117 Å². The maximum absolute atomic E-state index is 11.7. The molecule has 0 saturated carbocycles. The Bertz CT molecular complexity index is 486. The van der Waals surface area contributed by atoms with Gasteiger partial charge in [-0.1, -0.05) is 6.07 Å². The lowest BCUT2D eigenvalue weighted by Gasteiger charge is -2.14. The van der Waals surface area contributed by atoms with E-state index in [0.717, 1.165) is 5.56 Å². The molecular formula is C14H19NO5. The lowest BCUT2D eigenvalue weighted by atomic mass is 10.1. The van der Waals surface area contributed by atoms with Crippen molar-refractivity contribution < 1.29 is 24.2 Å². The molecule has 0 bridgehead atoms. The van der Waals surface area contributed by atoms with Crippen LogP contribution in [0.5, 0.6) is 11.5 Å². The summed E-state index contributed by atoms with van der Waals surface area (Å²) in [4.78, 5) is 23.5. The molecule has 0 aromatic heterocycles. The van der Waals surface area contributed by atoms with E-state index < -0.39 is 5.97 Å². The summed E-state index contributed by atoms with van der Waals surface area (Å²) in [7, 11) is 4.58. The molecule has 6 heteroatoms. The van der Waals surface area contributed by atoms with Crippen molar-refractivity contribution >= 4 is 11.9 Å². The molecule has 0 unspecified atom stereocenters. The van der Waals surface area contributed by atoms with E-state index in [-0.39, 0.29) is 18.9 Å². The van der Waals surface area contributed by atoms with Crippen molar-refractivity contribution in [3.8, 4) is 11.5 Å². The third-order valence-corrected chi connectivity index (χ3v) is 2.87. The van der Waals surface area contributed by atoms with Crippen LogP contribution in [0.3, 0.4) is 0 Å². The summed E-state index contributed by atoms with van der Waals surface area (Å²) < 4.78 is 10.3. The van der Waals surface area contributed by atoms with Crippen molar-refractivity contribution in [1.82, 2.24) is 4.90 Å². The van der Waals surface area contributed by atoms with E-state index >= 15 is 0 Å². The van der Waals surface area contributed by atoms with E-state index in [9.17, 15) is 9.59 Å². The molecule has 1 aromatic carbocycles. The Kier molecular flexibility index (Phi) is 5.83. The van der Waals surface area contributed by atoms with E-state index in [1.54, 1.807) is 20.3 Å². The average molecular weight is 281 g/mol. The minimum Gasteiger partial charge on any atom is -0.493 e. The smallest absolute Gasteiger partial charge is 0.323 e. The molecule has 0 aliphatic carbocycles. The number of hydrogen-bond donors (Lipinski definition) is 1. The molecule has 0 atom stereocenters. The average Bonchev–Trinajstić information content (AvgIpc) is 2.43. The molecule has 0 fully saturated rings. The molecule has 0 spiro atoms. The molecule has 110 valence electrons. The number of methoxy groups -OCH3 is 2. The molecule has 0 heterocycles. The van der Waals surface area contributed by atoms with Crippen molar-refractivity contribution in [2.75, 3.05) is 27.8 Å². The number of carbonyl (C=O) groups excluding carboxylic acids is 1. The van der Waals surface area contributed by atoms with Crippen LogP contribution in [0.1, 0.15) is 12.0 Å². The Hall–Kier alpha value is -2.24. The van der Waals surface area contributed by atoms with Gasteiger partial charge in [-0.25, -0.2) is 0 Å². The first-order chi connectivity index (χ1) is 9.47. The van der Waals surface area contributed by atoms with Crippen LogP contribution in [0.25, 0.3) is 0 Å². The number of amides is 1. The van der Waals surface area contributed by atoms with Gasteiger partial charge in [-0.05, 0) is 24.1 Å². The summed E-state index contributed by atoms with van der Waals surface area (Å²) in [5, 5.41) is 8.62. The molecule has 1 rings (SSSR count). The molecule has 1 aromatic rings. The predicted molar refractivity (Wildman–Crippen MR) is 73.1 cm³/mol. The van der Waals surface area contributed by atoms with Crippen LogP contribution in [-0.2, 0) is 16.0 Å². The fourth-order valence-electron chi connectivity index (χ4n) is 1.77. The van der Waals surface area contributed by atoms with Gasteiger partial charge < -0.3 is 19.5 Å². The van der Waals surface area contributed by atoms with Gasteiger partial charge >= 0.3 is 5.97 Å². The van der Waals surface area contributed by atoms with Crippen LogP contribution >= 0.6 is 0 Å². The second-order valence-electron chi connectivity index (χ2n) is 4.33. The lowest BCUT2D eigenvalue weighted by Crippen LogP contribution is -2.32. The van der Waals surface area contributed by atoms with Gasteiger partial charge in [0.2, 0.25) is 5.91 Å². The quantitative estimate of drug-likeness (QED) is 0.812. The van der Waals surface area contributed by atoms with E-state index in [2.05, 4.69) is 0 Å². The number of likely N-dealkylation sites (N-methyl/N-ethyl adjacent to an activating group) is 1. The third-order valence-electron chi connectivity index (χ3n) is 2.87. The Morgan fingerprint density at radius 1 is 1.20 bits per heavy atom. The van der Waals surface area contributed by atoms with Crippen LogP contribution in [0.4, 0.5) is 0 Å². The maximum atomic E-state index is 11.7. The minimum absolute atomic E-state index is 0.206. The fraction of sp³-hybridized carbons (Fsp3) is 0.429. The van der Waals surface area contributed by atoms with E-state index in [4.69, 9.17) is 14.6 Å². The van der Waals surface area contributed by atoms with Crippen LogP contribution in [0.2, 0.25) is 0 Å². The molecule has 20 heavy (non-hydrogen) atoms. The van der Waals surface area contributed by atoms with Gasteiger partial charge in [-0.3, -0.25) is 9.59 Å². The summed E-state index contributed by atoms with van der Waals surface area (Å²) >= 11 is 0. The number of aryl methyl sites for hydroxylation is 1. The maximum Gasteiger partial charge on any atom is 0.323 e. The summed E-state index contributed by atoms with van der Waals surface area (Å²) in [6.07, 6.45) is 0.766. The number of ether oxygens (including phenoxy) is 2. The molecule has 1 amide bonds. The van der Waals surface area contributed by atoms with Gasteiger partial charge in [0.1, 0.15) is 6.54 Å². The second kappa shape index (κ2) is 7.37. The number of rotatable bonds is 7. The molecular weight excluding hydrogens is 262 g/mol. The zero-order valence-corrected chi connectivity index (χ0v) is 11.9. The second-order valence-corrected chi connectivity index (χ2v) is 4.33. The largest absolute Gasteiger partial charge is 0.493 e. The fourth-order valence-corrected chi connectivity index (χ4v) is 1.77. The van der Waals surface area contributed by atoms with Crippen LogP contribution in [-0.4, -0.2) is 49.7 Å². The van der Waals surface area contributed by atoms with Crippen molar-refractivity contribution in [3.05, 3.63) is 23.8 Å². The first kappa shape index (κ1) is 15.8. The topological polar surface area (TPSA) is 76.1 Å². The van der Waals surface area contributed by atoms with E-state index in [0.29, 0.717) is 17.9 Å². The zero-order chi connectivity index (χ0) is 15.1. The highest BCUT2D eigenvalue weighted by Crippen LogP contribution is 2.27. The molecule has 1 N–H and O–H groups in total. The molecule has 0 radical (unpaired) electrons. The number of carboxylic acid groups (broad SMARTS) is 1. The Morgan fingerprint density at radius 3 is 2.40 bits per heavy atom. The number of nitrogens with zero attached hydrogens (tertiary/aromatic N) is 1. The summed E-state index contributed by atoms with van der Waals surface area (Å²) in [5.74, 6) is 0.0102. The number of benzene rings is 1. The highest BCUT2D eigenvalue weighted by molar-refractivity contribution is 5.81. The summed E-state index contributed by atoms with van der Waals surface area (Å²) in [6, 6.07) is 5.44. The third kappa shape index (κ3) is 4.46. The number of aliphatic carboxylic acids is 1. The van der Waals surface area contributed by atoms with Gasteiger partial charge in [-0.2, -0.15) is 0 Å². The Morgan fingerprint density at radius 2 is 1.85 bits per heavy atom. The number of carboxylic acids is 1. The van der Waals surface area contributed by atoms with E-state index in [1.807, 2.05) is 12.1 Å². The molecule has 0 saturated heterocycles. The highest BCUT2D eigenvalue weighted by atomic mass is 16.5. The Balaban J connectivity index is 2.61. The van der Waals surface area contributed by atoms with Crippen molar-refractivity contribution in [3.63, 3.8) is 0 Å². The SMILES string of the molecule is COc1ccc(CCC(=O)N(C)CC(=O)O)cc1OC. The van der Waals surface area contributed by atoms with Gasteiger partial charge in [-0.15, -0.1) is 0 Å². The van der Waals surface area contributed by atoms with E-state index in [1.165, 1.54) is 11.9 Å². The lowest BCUT2D eigenvalue weighted by molar-refractivity contribution is -0.143. The van der Waals surface area contributed by atoms with Crippen molar-refractivity contribution in [1.29, 1.82) is 0 Å².